The number of benzene rings is 2. The number of anilines is 1. The minimum Gasteiger partial charge on any atom is -0.371 e. The molecule has 5 nitrogen and oxygen atoms in total. The monoisotopic (exact) mass is 483 g/mol. The van der Waals surface area contributed by atoms with Gasteiger partial charge in [-0.1, -0.05) is 41.4 Å². The Balaban J connectivity index is 1.29. The molecule has 2 aromatic carbocycles. The van der Waals surface area contributed by atoms with Crippen LogP contribution in [0.15, 0.2) is 53.3 Å². The maximum atomic E-state index is 13.5. The third-order valence-corrected chi connectivity index (χ3v) is 8.22. The summed E-state index contributed by atoms with van der Waals surface area (Å²) in [5.41, 5.74) is 2.31. The second-order valence-corrected chi connectivity index (χ2v) is 10.3. The zero-order valence-electron chi connectivity index (χ0n) is 18.6. The fraction of sp³-hybridized carbons (Fsp3) is 0.385. The van der Waals surface area contributed by atoms with E-state index in [4.69, 9.17) is 23.2 Å². The number of H-pyrrole nitrogens is 1. The number of fused-ring (bicyclic) bond motifs is 1. The van der Waals surface area contributed by atoms with E-state index >= 15 is 0 Å². The molecule has 1 N–H and O–H groups in total. The van der Waals surface area contributed by atoms with Crippen molar-refractivity contribution in [2.24, 2.45) is 5.41 Å². The van der Waals surface area contributed by atoms with Gasteiger partial charge < -0.3 is 14.8 Å². The topological polar surface area (TPSA) is 56.4 Å². The number of aromatic amines is 1. The number of pyridine rings is 1. The summed E-state index contributed by atoms with van der Waals surface area (Å²) in [6.45, 7) is 4.79. The standard InChI is InChI=1S/C26H27Cl2N3O2/c1-17-16-26(8-11-30(12-9-26)18-6-7-21(27)22(28)14-18)10-13-31(17)25(33)20-15-24(32)29-23-5-3-2-4-19(20)23/h2-7,14-15,17H,8-13,16H2,1H3,(H,29,32). The first-order chi connectivity index (χ1) is 15.8. The molecule has 2 fully saturated rings. The Morgan fingerprint density at radius 3 is 2.45 bits per heavy atom. The van der Waals surface area contributed by atoms with Gasteiger partial charge in [-0.15, -0.1) is 0 Å². The third kappa shape index (κ3) is 4.24. The first-order valence-corrected chi connectivity index (χ1v) is 12.2. The molecule has 0 bridgehead atoms. The van der Waals surface area contributed by atoms with Crippen LogP contribution in [0.3, 0.4) is 0 Å². The van der Waals surface area contributed by atoms with E-state index in [0.717, 1.165) is 49.8 Å². The SMILES string of the molecule is CC1CC2(CCN(c3ccc(Cl)c(Cl)c3)CC2)CCN1C(=O)c1cc(=O)[nH]c2ccccc12. The van der Waals surface area contributed by atoms with E-state index < -0.39 is 0 Å². The van der Waals surface area contributed by atoms with Gasteiger partial charge in [-0.05, 0) is 62.3 Å². The lowest BCUT2D eigenvalue weighted by Crippen LogP contribution is -2.52. The van der Waals surface area contributed by atoms with Crippen molar-refractivity contribution in [3.05, 3.63) is 74.5 Å². The number of nitrogens with one attached hydrogen (secondary N) is 1. The molecule has 2 aliphatic rings. The van der Waals surface area contributed by atoms with Crippen LogP contribution in [0.4, 0.5) is 5.69 Å². The van der Waals surface area contributed by atoms with Crippen molar-refractivity contribution in [2.45, 2.75) is 38.6 Å². The quantitative estimate of drug-likeness (QED) is 0.504. The number of nitrogens with zero attached hydrogens (tertiary/aromatic N) is 2. The van der Waals surface area contributed by atoms with Gasteiger partial charge in [-0.2, -0.15) is 0 Å². The highest BCUT2D eigenvalue weighted by atomic mass is 35.5. The maximum absolute atomic E-state index is 13.5. The number of amides is 1. The van der Waals surface area contributed by atoms with Gasteiger partial charge in [-0.25, -0.2) is 0 Å². The molecule has 1 amide bonds. The molecule has 1 spiro atoms. The number of hydrogen-bond acceptors (Lipinski definition) is 3. The Labute approximate surface area is 203 Å². The highest BCUT2D eigenvalue weighted by Gasteiger charge is 2.42. The maximum Gasteiger partial charge on any atom is 0.254 e. The molecule has 2 aliphatic heterocycles. The second-order valence-electron chi connectivity index (χ2n) is 9.48. The van der Waals surface area contributed by atoms with E-state index in [1.165, 1.54) is 6.07 Å². The van der Waals surface area contributed by atoms with Crippen molar-refractivity contribution in [2.75, 3.05) is 24.5 Å². The lowest BCUT2D eigenvalue weighted by molar-refractivity contribution is 0.0308. The number of carbonyl (C=O) groups is 1. The van der Waals surface area contributed by atoms with E-state index in [9.17, 15) is 9.59 Å². The Bertz CT molecular complexity index is 1260. The molecule has 1 unspecified atom stereocenters. The van der Waals surface area contributed by atoms with E-state index in [1.54, 1.807) is 0 Å². The number of likely N-dealkylation sites (tertiary alicyclic amines) is 1. The summed E-state index contributed by atoms with van der Waals surface area (Å²) >= 11 is 12.3. The van der Waals surface area contributed by atoms with Gasteiger partial charge in [0.05, 0.1) is 15.6 Å². The number of para-hydroxylation sites is 1. The molecule has 7 heteroatoms. The second kappa shape index (κ2) is 8.69. The summed E-state index contributed by atoms with van der Waals surface area (Å²) in [5, 5.41) is 1.96. The van der Waals surface area contributed by atoms with E-state index in [1.807, 2.05) is 47.4 Å². The molecular formula is C26H27Cl2N3O2. The van der Waals surface area contributed by atoms with Crippen LogP contribution < -0.4 is 10.5 Å². The van der Waals surface area contributed by atoms with Gasteiger partial charge in [0.25, 0.3) is 5.91 Å². The summed E-state index contributed by atoms with van der Waals surface area (Å²) in [5.74, 6) is -0.0482. The first kappa shape index (κ1) is 22.3. The molecule has 3 aromatic rings. The Morgan fingerprint density at radius 1 is 1.00 bits per heavy atom. The molecule has 1 atom stereocenters. The van der Waals surface area contributed by atoms with Crippen molar-refractivity contribution in [1.29, 1.82) is 0 Å². The third-order valence-electron chi connectivity index (χ3n) is 7.48. The van der Waals surface area contributed by atoms with Crippen LogP contribution in [-0.2, 0) is 0 Å². The summed E-state index contributed by atoms with van der Waals surface area (Å²) in [7, 11) is 0. The van der Waals surface area contributed by atoms with Crippen LogP contribution in [0.25, 0.3) is 10.9 Å². The minimum atomic E-state index is -0.243. The smallest absolute Gasteiger partial charge is 0.254 e. The summed E-state index contributed by atoms with van der Waals surface area (Å²) in [4.78, 5) is 32.8. The van der Waals surface area contributed by atoms with Crippen LogP contribution in [-0.4, -0.2) is 41.5 Å². The van der Waals surface area contributed by atoms with E-state index in [-0.39, 0.29) is 22.9 Å². The number of piperidine rings is 2. The summed E-state index contributed by atoms with van der Waals surface area (Å²) < 4.78 is 0. The van der Waals surface area contributed by atoms with E-state index in [0.29, 0.717) is 27.7 Å². The lowest BCUT2D eigenvalue weighted by Gasteiger charge is -2.50. The fourth-order valence-electron chi connectivity index (χ4n) is 5.63. The van der Waals surface area contributed by atoms with Crippen molar-refractivity contribution < 1.29 is 4.79 Å². The van der Waals surface area contributed by atoms with Crippen molar-refractivity contribution in [3.63, 3.8) is 0 Å². The van der Waals surface area contributed by atoms with Crippen molar-refractivity contribution in [3.8, 4) is 0 Å². The zero-order valence-corrected chi connectivity index (χ0v) is 20.1. The molecule has 0 saturated carbocycles. The highest BCUT2D eigenvalue weighted by molar-refractivity contribution is 6.42. The van der Waals surface area contributed by atoms with Crippen LogP contribution in [0.1, 0.15) is 43.0 Å². The van der Waals surface area contributed by atoms with Crippen LogP contribution in [0.2, 0.25) is 10.0 Å². The Hall–Kier alpha value is -2.50. The van der Waals surface area contributed by atoms with Gasteiger partial charge in [0.1, 0.15) is 0 Å². The number of aromatic nitrogens is 1. The number of rotatable bonds is 2. The normalized spacial score (nSPS) is 20.4. The Morgan fingerprint density at radius 2 is 1.73 bits per heavy atom. The van der Waals surface area contributed by atoms with Crippen molar-refractivity contribution >= 4 is 45.7 Å². The minimum absolute atomic E-state index is 0.0482. The molecular weight excluding hydrogens is 457 g/mol. The van der Waals surface area contributed by atoms with Crippen LogP contribution in [0, 0.1) is 5.41 Å². The lowest BCUT2D eigenvalue weighted by atomic mass is 9.69. The number of hydrogen-bond donors (Lipinski definition) is 1. The average molecular weight is 484 g/mol. The van der Waals surface area contributed by atoms with E-state index in [2.05, 4.69) is 16.8 Å². The highest BCUT2D eigenvalue weighted by Crippen LogP contribution is 2.45. The van der Waals surface area contributed by atoms with Crippen LogP contribution >= 0.6 is 23.2 Å². The largest absolute Gasteiger partial charge is 0.371 e. The Kier molecular flexibility index (Phi) is 5.87. The van der Waals surface area contributed by atoms with Gasteiger partial charge in [0.15, 0.2) is 0 Å². The summed E-state index contributed by atoms with van der Waals surface area (Å²) in [6.07, 6.45) is 4.15. The number of carbonyl (C=O) groups excluding carboxylic acids is 1. The molecule has 0 radical (unpaired) electrons. The van der Waals surface area contributed by atoms with Gasteiger partial charge in [0.2, 0.25) is 5.56 Å². The predicted molar refractivity (Wildman–Crippen MR) is 135 cm³/mol. The molecule has 0 aliphatic carbocycles. The fourth-order valence-corrected chi connectivity index (χ4v) is 5.92. The number of halogens is 2. The van der Waals surface area contributed by atoms with Gasteiger partial charge >= 0.3 is 0 Å². The van der Waals surface area contributed by atoms with Crippen LogP contribution in [0.5, 0.6) is 0 Å². The van der Waals surface area contributed by atoms with Gasteiger partial charge in [-0.3, -0.25) is 9.59 Å². The van der Waals surface area contributed by atoms with Gasteiger partial charge in [0, 0.05) is 48.3 Å². The zero-order chi connectivity index (χ0) is 23.2. The summed E-state index contributed by atoms with van der Waals surface area (Å²) in [6, 6.07) is 14.9. The molecule has 33 heavy (non-hydrogen) atoms. The molecule has 172 valence electrons. The predicted octanol–water partition coefficient (Wildman–Crippen LogP) is 5.75. The molecule has 2 saturated heterocycles. The average Bonchev–Trinajstić information content (AvgIpc) is 2.80. The molecule has 5 rings (SSSR count). The molecule has 3 heterocycles. The first-order valence-electron chi connectivity index (χ1n) is 11.5. The molecule has 1 aromatic heterocycles. The van der Waals surface area contributed by atoms with Crippen molar-refractivity contribution in [1.82, 2.24) is 9.88 Å².